The highest BCUT2D eigenvalue weighted by Gasteiger charge is 2.42. The standard InChI is InChI=1S/C25H23F9N6O2/c1-12(2)42-22(41)40-13(3)6-20(18-10-15(23(26,27)28)4-5-19(18)40)39(21-35-37-38-36-21)11-14-7-16(24(29,30)31)9-17(8-14)25(32,33)34/h4-5,7-10,12-13,20H,6,11H2,1-3H3,(H,35,36,37,38)/t13-,20+/m0/s1. The van der Waals surface area contributed by atoms with Crippen LogP contribution in [0, 0.1) is 0 Å². The lowest BCUT2D eigenvalue weighted by Gasteiger charge is -2.43. The van der Waals surface area contributed by atoms with E-state index >= 15 is 0 Å². The first-order chi connectivity index (χ1) is 19.4. The molecule has 0 aliphatic carbocycles. The van der Waals surface area contributed by atoms with Gasteiger partial charge in [-0.2, -0.15) is 44.7 Å². The van der Waals surface area contributed by atoms with Crippen LogP contribution < -0.4 is 9.80 Å². The molecule has 1 aliphatic rings. The van der Waals surface area contributed by atoms with E-state index in [9.17, 15) is 44.3 Å². The van der Waals surface area contributed by atoms with Crippen molar-refractivity contribution in [1.82, 2.24) is 20.6 Å². The van der Waals surface area contributed by atoms with Crippen molar-refractivity contribution in [3.63, 3.8) is 0 Å². The van der Waals surface area contributed by atoms with Gasteiger partial charge in [0.25, 0.3) is 5.95 Å². The molecule has 4 rings (SSSR count). The predicted octanol–water partition coefficient (Wildman–Crippen LogP) is 7.15. The largest absolute Gasteiger partial charge is 0.446 e. The minimum Gasteiger partial charge on any atom is -0.446 e. The summed E-state index contributed by atoms with van der Waals surface area (Å²) in [4.78, 5) is 15.2. The SMILES string of the molecule is CC(C)OC(=O)N1c2ccc(C(F)(F)F)cc2[C@H](N(Cc2cc(C(F)(F)F)cc(C(F)(F)F)c2)c2nn[nH]n2)C[C@@H]1C. The van der Waals surface area contributed by atoms with E-state index in [4.69, 9.17) is 4.74 Å². The van der Waals surface area contributed by atoms with Crippen LogP contribution in [0.4, 0.5) is 55.9 Å². The van der Waals surface area contributed by atoms with Crippen LogP contribution in [0.2, 0.25) is 0 Å². The molecule has 1 amide bonds. The third-order valence-electron chi connectivity index (χ3n) is 6.48. The molecule has 1 aromatic heterocycles. The monoisotopic (exact) mass is 610 g/mol. The number of aromatic amines is 1. The number of hydrogen-bond donors (Lipinski definition) is 1. The van der Waals surface area contributed by atoms with Crippen LogP contribution in [-0.4, -0.2) is 38.9 Å². The van der Waals surface area contributed by atoms with Crippen molar-refractivity contribution in [2.75, 3.05) is 9.80 Å². The summed E-state index contributed by atoms with van der Waals surface area (Å²) in [7, 11) is 0. The highest BCUT2D eigenvalue weighted by molar-refractivity contribution is 5.90. The molecule has 0 fully saturated rings. The van der Waals surface area contributed by atoms with E-state index in [0.29, 0.717) is 12.1 Å². The molecule has 1 aliphatic heterocycles. The number of carbonyl (C=O) groups excluding carboxylic acids is 1. The average molecular weight is 610 g/mol. The van der Waals surface area contributed by atoms with Gasteiger partial charge in [0, 0.05) is 12.6 Å². The fourth-order valence-corrected chi connectivity index (χ4v) is 4.75. The molecule has 0 saturated carbocycles. The zero-order valence-corrected chi connectivity index (χ0v) is 22.1. The summed E-state index contributed by atoms with van der Waals surface area (Å²) >= 11 is 0. The molecule has 0 spiro atoms. The lowest BCUT2D eigenvalue weighted by Crippen LogP contribution is -2.47. The molecule has 0 saturated heterocycles. The van der Waals surface area contributed by atoms with Crippen LogP contribution in [0.1, 0.15) is 61.1 Å². The Morgan fingerprint density at radius 1 is 0.976 bits per heavy atom. The molecule has 2 atom stereocenters. The summed E-state index contributed by atoms with van der Waals surface area (Å²) in [6.07, 6.45) is -16.6. The number of hydrogen-bond acceptors (Lipinski definition) is 6. The number of nitrogens with zero attached hydrogens (tertiary/aromatic N) is 5. The first-order valence-electron chi connectivity index (χ1n) is 12.4. The van der Waals surface area contributed by atoms with E-state index in [0.717, 1.165) is 28.0 Å². The van der Waals surface area contributed by atoms with Crippen molar-refractivity contribution in [2.24, 2.45) is 0 Å². The Labute approximate surface area is 232 Å². The van der Waals surface area contributed by atoms with Crippen LogP contribution in [0.3, 0.4) is 0 Å². The number of alkyl halides is 9. The quantitative estimate of drug-likeness (QED) is 0.309. The number of anilines is 2. The maximum atomic E-state index is 13.8. The van der Waals surface area contributed by atoms with E-state index in [2.05, 4.69) is 20.6 Å². The lowest BCUT2D eigenvalue weighted by molar-refractivity contribution is -0.143. The summed E-state index contributed by atoms with van der Waals surface area (Å²) in [5.74, 6) is -0.306. The Kier molecular flexibility index (Phi) is 8.08. The van der Waals surface area contributed by atoms with E-state index in [1.165, 1.54) is 0 Å². The van der Waals surface area contributed by atoms with Gasteiger partial charge in [-0.1, -0.05) is 5.10 Å². The Bertz CT molecular complexity index is 1390. The third kappa shape index (κ3) is 6.54. The van der Waals surface area contributed by atoms with Crippen LogP contribution >= 0.6 is 0 Å². The zero-order chi connectivity index (χ0) is 31.2. The van der Waals surface area contributed by atoms with E-state index < -0.39 is 71.6 Å². The second-order valence-electron chi connectivity index (χ2n) is 9.93. The molecule has 228 valence electrons. The van der Waals surface area contributed by atoms with Crippen molar-refractivity contribution in [3.05, 3.63) is 64.2 Å². The molecule has 3 aromatic rings. The number of rotatable bonds is 5. The number of tetrazole rings is 1. The molecule has 2 aromatic carbocycles. The number of H-pyrrole nitrogens is 1. The number of aromatic nitrogens is 4. The number of fused-ring (bicyclic) bond motifs is 1. The van der Waals surface area contributed by atoms with Gasteiger partial charge in [0.1, 0.15) is 0 Å². The first-order valence-corrected chi connectivity index (χ1v) is 12.4. The molecular formula is C25H23F9N6O2. The van der Waals surface area contributed by atoms with Crippen molar-refractivity contribution >= 4 is 17.7 Å². The minimum absolute atomic E-state index is 0.00548. The fraction of sp³-hybridized carbons (Fsp3) is 0.440. The average Bonchev–Trinajstić information content (AvgIpc) is 3.39. The molecule has 17 heteroatoms. The molecule has 0 bridgehead atoms. The van der Waals surface area contributed by atoms with Crippen molar-refractivity contribution in [1.29, 1.82) is 0 Å². The molecular weight excluding hydrogens is 587 g/mol. The van der Waals surface area contributed by atoms with Gasteiger partial charge >= 0.3 is 24.6 Å². The van der Waals surface area contributed by atoms with Gasteiger partial charge in [-0.05, 0) is 79.9 Å². The van der Waals surface area contributed by atoms with Crippen molar-refractivity contribution in [3.8, 4) is 0 Å². The van der Waals surface area contributed by atoms with E-state index in [1.807, 2.05) is 0 Å². The fourth-order valence-electron chi connectivity index (χ4n) is 4.75. The maximum absolute atomic E-state index is 13.8. The smallest absolute Gasteiger partial charge is 0.416 e. The number of halogens is 9. The van der Waals surface area contributed by atoms with Gasteiger partial charge in [0.05, 0.1) is 34.5 Å². The van der Waals surface area contributed by atoms with Crippen LogP contribution in [0.25, 0.3) is 0 Å². The highest BCUT2D eigenvalue weighted by atomic mass is 19.4. The van der Waals surface area contributed by atoms with Gasteiger partial charge in [-0.25, -0.2) is 4.79 Å². The van der Waals surface area contributed by atoms with Crippen LogP contribution in [0.5, 0.6) is 0 Å². The van der Waals surface area contributed by atoms with Crippen LogP contribution in [-0.2, 0) is 29.8 Å². The third-order valence-corrected chi connectivity index (χ3v) is 6.48. The number of amides is 1. The summed E-state index contributed by atoms with van der Waals surface area (Å²) in [6, 6.07) is 1.67. The minimum atomic E-state index is -5.13. The number of carbonyl (C=O) groups is 1. The normalized spacial score (nSPS) is 17.8. The Balaban J connectivity index is 1.88. The first kappa shape index (κ1) is 30.9. The van der Waals surface area contributed by atoms with Gasteiger partial charge in [0.2, 0.25) is 0 Å². The van der Waals surface area contributed by atoms with E-state index in [1.54, 1.807) is 20.8 Å². The number of benzene rings is 2. The summed E-state index contributed by atoms with van der Waals surface area (Å²) in [6.45, 7) is 4.03. The van der Waals surface area contributed by atoms with Gasteiger partial charge in [-0.15, -0.1) is 5.10 Å². The van der Waals surface area contributed by atoms with Gasteiger partial charge < -0.3 is 9.64 Å². The van der Waals surface area contributed by atoms with Crippen molar-refractivity contribution in [2.45, 2.75) is 70.5 Å². The molecule has 42 heavy (non-hydrogen) atoms. The maximum Gasteiger partial charge on any atom is 0.416 e. The predicted molar refractivity (Wildman–Crippen MR) is 129 cm³/mol. The number of ether oxygens (including phenoxy) is 1. The molecule has 8 nitrogen and oxygen atoms in total. The zero-order valence-electron chi connectivity index (χ0n) is 22.1. The highest BCUT2D eigenvalue weighted by Crippen LogP contribution is 2.45. The Morgan fingerprint density at radius 2 is 1.57 bits per heavy atom. The summed E-state index contributed by atoms with van der Waals surface area (Å²) in [5.41, 5.74) is -4.80. The van der Waals surface area contributed by atoms with Gasteiger partial charge in [-0.3, -0.25) is 4.90 Å². The van der Waals surface area contributed by atoms with Gasteiger partial charge in [0.15, 0.2) is 0 Å². The van der Waals surface area contributed by atoms with Crippen LogP contribution in [0.15, 0.2) is 36.4 Å². The molecule has 1 N–H and O–H groups in total. The topological polar surface area (TPSA) is 87.2 Å². The second-order valence-corrected chi connectivity index (χ2v) is 9.93. The molecule has 0 unspecified atom stereocenters. The summed E-state index contributed by atoms with van der Waals surface area (Å²) in [5, 5.41) is 13.1. The summed E-state index contributed by atoms with van der Waals surface area (Å²) < 4.78 is 128. The van der Waals surface area contributed by atoms with Crippen molar-refractivity contribution < 1.29 is 49.0 Å². The van der Waals surface area contributed by atoms with E-state index in [-0.39, 0.29) is 29.7 Å². The second kappa shape index (κ2) is 11.0. The molecule has 2 heterocycles. The lowest BCUT2D eigenvalue weighted by atomic mass is 9.89. The molecule has 0 radical (unpaired) electrons. The Hall–Kier alpha value is -4.05. The Morgan fingerprint density at radius 3 is 2.07 bits per heavy atom. The number of nitrogens with one attached hydrogen (secondary N) is 1.